The van der Waals surface area contributed by atoms with Gasteiger partial charge >= 0.3 is 6.03 Å². The van der Waals surface area contributed by atoms with E-state index in [-0.39, 0.29) is 25.0 Å². The van der Waals surface area contributed by atoms with Crippen LogP contribution < -0.4 is 16.4 Å². The van der Waals surface area contributed by atoms with Crippen LogP contribution in [0.15, 0.2) is 0 Å². The van der Waals surface area contributed by atoms with Crippen LogP contribution in [-0.2, 0) is 4.79 Å². The van der Waals surface area contributed by atoms with Crippen molar-refractivity contribution in [3.05, 3.63) is 0 Å². The molecule has 4 N–H and O–H groups in total. The van der Waals surface area contributed by atoms with Crippen LogP contribution >= 0.6 is 0 Å². The molecule has 0 radical (unpaired) electrons. The second-order valence-electron chi connectivity index (χ2n) is 2.93. The molecule has 3 amide bonds. The lowest BCUT2D eigenvalue weighted by Crippen LogP contribution is -2.41. The van der Waals surface area contributed by atoms with E-state index in [1.165, 1.54) is 0 Å². The quantitative estimate of drug-likeness (QED) is 0.564. The van der Waals surface area contributed by atoms with E-state index in [9.17, 15) is 9.59 Å². The number of urea groups is 1. The van der Waals surface area contributed by atoms with Crippen molar-refractivity contribution >= 4 is 11.9 Å². The molecule has 0 rings (SSSR count). The minimum Gasteiger partial charge on any atom is -0.370 e. The molecule has 0 aliphatic rings. The molecule has 0 saturated heterocycles. The van der Waals surface area contributed by atoms with Crippen molar-refractivity contribution in [1.29, 1.82) is 0 Å². The van der Waals surface area contributed by atoms with Crippen molar-refractivity contribution in [2.45, 2.75) is 32.7 Å². The number of carbonyl (C=O) groups is 2. The van der Waals surface area contributed by atoms with Gasteiger partial charge in [0.05, 0.1) is 0 Å². The van der Waals surface area contributed by atoms with E-state index >= 15 is 0 Å². The maximum absolute atomic E-state index is 11.0. The van der Waals surface area contributed by atoms with Crippen molar-refractivity contribution in [3.63, 3.8) is 0 Å². The Kier molecular flexibility index (Phi) is 5.67. The topological polar surface area (TPSA) is 84.2 Å². The van der Waals surface area contributed by atoms with Crippen molar-refractivity contribution < 1.29 is 9.59 Å². The van der Waals surface area contributed by atoms with E-state index in [1.807, 2.05) is 13.8 Å². The molecule has 0 fully saturated rings. The average molecular weight is 187 g/mol. The number of nitrogens with two attached hydrogens (primary N) is 1. The minimum atomic E-state index is -0.413. The van der Waals surface area contributed by atoms with Gasteiger partial charge in [0.25, 0.3) is 0 Å². The fourth-order valence-corrected chi connectivity index (χ4v) is 0.676. The normalized spacial score (nSPS) is 11.8. The number of amides is 3. The highest BCUT2D eigenvalue weighted by molar-refractivity contribution is 5.77. The van der Waals surface area contributed by atoms with E-state index < -0.39 is 5.91 Å². The average Bonchev–Trinajstić information content (AvgIpc) is 2.03. The van der Waals surface area contributed by atoms with Crippen LogP contribution in [0.3, 0.4) is 0 Å². The molecule has 0 aromatic carbocycles. The Bertz CT molecular complexity index is 182. The Labute approximate surface area is 78.1 Å². The summed E-state index contributed by atoms with van der Waals surface area (Å²) in [6.07, 6.45) is 1.05. The zero-order valence-electron chi connectivity index (χ0n) is 8.09. The molecule has 0 aliphatic heterocycles. The van der Waals surface area contributed by atoms with Crippen molar-refractivity contribution in [1.82, 2.24) is 10.6 Å². The summed E-state index contributed by atoms with van der Waals surface area (Å²) in [5.41, 5.74) is 4.90. The van der Waals surface area contributed by atoms with Crippen LogP contribution in [0.2, 0.25) is 0 Å². The zero-order chi connectivity index (χ0) is 10.3. The fraction of sp³-hybridized carbons (Fsp3) is 0.750. The lowest BCUT2D eigenvalue weighted by atomic mass is 10.3. The minimum absolute atomic E-state index is 0.147. The predicted molar refractivity (Wildman–Crippen MR) is 50.1 cm³/mol. The van der Waals surface area contributed by atoms with Gasteiger partial charge in [-0.25, -0.2) is 4.79 Å². The number of rotatable bonds is 5. The third-order valence-electron chi connectivity index (χ3n) is 1.65. The predicted octanol–water partition coefficient (Wildman–Crippen LogP) is -0.0405. The Balaban J connectivity index is 3.46. The molecule has 0 spiro atoms. The number of nitrogens with one attached hydrogen (secondary N) is 2. The first-order valence-corrected chi connectivity index (χ1v) is 4.39. The SMILES string of the molecule is CCC(C)NC(=O)NCCC(N)=O. The molecular weight excluding hydrogens is 170 g/mol. The third-order valence-corrected chi connectivity index (χ3v) is 1.65. The molecule has 0 heterocycles. The monoisotopic (exact) mass is 187 g/mol. The molecule has 0 bridgehead atoms. The Morgan fingerprint density at radius 1 is 1.46 bits per heavy atom. The summed E-state index contributed by atoms with van der Waals surface area (Å²) in [5.74, 6) is -0.413. The van der Waals surface area contributed by atoms with Gasteiger partial charge < -0.3 is 16.4 Å². The molecule has 1 atom stereocenters. The number of hydrogen-bond donors (Lipinski definition) is 3. The van der Waals surface area contributed by atoms with Crippen molar-refractivity contribution in [3.8, 4) is 0 Å². The highest BCUT2D eigenvalue weighted by Crippen LogP contribution is 1.86. The van der Waals surface area contributed by atoms with Crippen LogP contribution in [0.25, 0.3) is 0 Å². The van der Waals surface area contributed by atoms with Gasteiger partial charge in [-0.15, -0.1) is 0 Å². The van der Waals surface area contributed by atoms with Crippen LogP contribution in [-0.4, -0.2) is 24.5 Å². The van der Waals surface area contributed by atoms with Crippen LogP contribution in [0.4, 0.5) is 4.79 Å². The van der Waals surface area contributed by atoms with Gasteiger partial charge in [0.15, 0.2) is 0 Å². The summed E-state index contributed by atoms with van der Waals surface area (Å²) in [7, 11) is 0. The number of hydrogen-bond acceptors (Lipinski definition) is 2. The van der Waals surface area contributed by atoms with Gasteiger partial charge in [0, 0.05) is 19.0 Å². The van der Waals surface area contributed by atoms with E-state index in [0.29, 0.717) is 0 Å². The maximum atomic E-state index is 11.0. The van der Waals surface area contributed by atoms with E-state index in [0.717, 1.165) is 6.42 Å². The van der Waals surface area contributed by atoms with Gasteiger partial charge in [0.1, 0.15) is 0 Å². The second-order valence-corrected chi connectivity index (χ2v) is 2.93. The van der Waals surface area contributed by atoms with E-state index in [4.69, 9.17) is 5.73 Å². The van der Waals surface area contributed by atoms with E-state index in [1.54, 1.807) is 0 Å². The molecule has 0 aromatic rings. The molecule has 76 valence electrons. The van der Waals surface area contributed by atoms with E-state index in [2.05, 4.69) is 10.6 Å². The first kappa shape index (κ1) is 11.7. The first-order chi connectivity index (χ1) is 6.06. The van der Waals surface area contributed by atoms with Gasteiger partial charge in [-0.3, -0.25) is 4.79 Å². The summed E-state index contributed by atoms with van der Waals surface area (Å²) in [6.45, 7) is 4.18. The Morgan fingerprint density at radius 3 is 2.54 bits per heavy atom. The summed E-state index contributed by atoms with van der Waals surface area (Å²) in [4.78, 5) is 21.3. The molecule has 0 aliphatic carbocycles. The maximum Gasteiger partial charge on any atom is 0.315 e. The van der Waals surface area contributed by atoms with Gasteiger partial charge in [0.2, 0.25) is 5.91 Å². The van der Waals surface area contributed by atoms with Gasteiger partial charge in [-0.2, -0.15) is 0 Å². The molecule has 1 unspecified atom stereocenters. The molecule has 0 aromatic heterocycles. The van der Waals surface area contributed by atoms with Gasteiger partial charge in [-0.05, 0) is 13.3 Å². The van der Waals surface area contributed by atoms with Crippen LogP contribution in [0, 0.1) is 0 Å². The number of carbonyl (C=O) groups excluding carboxylic acids is 2. The first-order valence-electron chi connectivity index (χ1n) is 4.39. The zero-order valence-corrected chi connectivity index (χ0v) is 8.09. The van der Waals surface area contributed by atoms with Crippen molar-refractivity contribution in [2.75, 3.05) is 6.54 Å². The summed E-state index contributed by atoms with van der Waals surface area (Å²) in [5, 5.41) is 5.23. The Morgan fingerprint density at radius 2 is 2.08 bits per heavy atom. The standard InChI is InChI=1S/C8H17N3O2/c1-3-6(2)11-8(13)10-5-4-7(9)12/h6H,3-5H2,1-2H3,(H2,9,12)(H2,10,11,13). The van der Waals surface area contributed by atoms with Crippen molar-refractivity contribution in [2.24, 2.45) is 5.73 Å². The summed E-state index contributed by atoms with van der Waals surface area (Å²) >= 11 is 0. The molecule has 5 heteroatoms. The lowest BCUT2D eigenvalue weighted by Gasteiger charge is -2.11. The fourth-order valence-electron chi connectivity index (χ4n) is 0.676. The Hall–Kier alpha value is -1.26. The summed E-state index contributed by atoms with van der Waals surface area (Å²) in [6, 6.07) is -0.107. The molecule has 0 saturated carbocycles. The highest BCUT2D eigenvalue weighted by atomic mass is 16.2. The second kappa shape index (κ2) is 6.28. The van der Waals surface area contributed by atoms with Gasteiger partial charge in [-0.1, -0.05) is 6.92 Å². The number of primary amides is 1. The largest absolute Gasteiger partial charge is 0.370 e. The van der Waals surface area contributed by atoms with Crippen LogP contribution in [0.1, 0.15) is 26.7 Å². The molecule has 5 nitrogen and oxygen atoms in total. The van der Waals surface area contributed by atoms with Crippen LogP contribution in [0.5, 0.6) is 0 Å². The third kappa shape index (κ3) is 7.11. The highest BCUT2D eigenvalue weighted by Gasteiger charge is 2.03. The lowest BCUT2D eigenvalue weighted by molar-refractivity contribution is -0.117. The molecular formula is C8H17N3O2. The smallest absolute Gasteiger partial charge is 0.315 e. The summed E-state index contributed by atoms with van der Waals surface area (Å²) < 4.78 is 0. The molecule has 13 heavy (non-hydrogen) atoms.